The van der Waals surface area contributed by atoms with Gasteiger partial charge in [0.25, 0.3) is 0 Å². The molecule has 4 aliphatic heterocycles. The molecule has 56 heavy (non-hydrogen) atoms. The molecular formula is C49H37F3N4. The Morgan fingerprint density at radius 2 is 0.839 bits per heavy atom. The third-order valence-corrected chi connectivity index (χ3v) is 10.7. The highest BCUT2D eigenvalue weighted by molar-refractivity contribution is 6.34. The standard InChI is InChI=1S/C49H37F3N4/c1-28-5-13-32(14-6-28)43-36-27-53-48(47(36)49(50,51)52)46(35-19-11-31(4)12-20-35)42-26-25-41(56-42)45(34-17-9-30(3)10-18-34)40-24-23-39(55-40)44(38-22-21-37(43)54-38)33-15-7-29(2)8-16-33/h5-27,47,55H,1-4H3. The van der Waals surface area contributed by atoms with Gasteiger partial charge in [0.1, 0.15) is 5.92 Å². The maximum Gasteiger partial charge on any atom is 0.401 e. The van der Waals surface area contributed by atoms with Crippen molar-refractivity contribution in [1.29, 1.82) is 0 Å². The molecule has 4 nitrogen and oxygen atoms in total. The molecule has 1 aromatic heterocycles. The van der Waals surface area contributed by atoms with Crippen molar-refractivity contribution in [3.05, 3.63) is 212 Å². The summed E-state index contributed by atoms with van der Waals surface area (Å²) in [5.41, 5.74) is 11.7. The summed E-state index contributed by atoms with van der Waals surface area (Å²) in [4.78, 5) is 18.7. The van der Waals surface area contributed by atoms with Crippen LogP contribution in [-0.4, -0.2) is 28.3 Å². The van der Waals surface area contributed by atoms with Crippen LogP contribution in [0.3, 0.4) is 0 Å². The number of nitrogens with zero attached hydrogens (tertiary/aromatic N) is 3. The predicted molar refractivity (Wildman–Crippen MR) is 222 cm³/mol. The van der Waals surface area contributed by atoms with Crippen molar-refractivity contribution in [2.75, 3.05) is 0 Å². The van der Waals surface area contributed by atoms with Crippen LogP contribution in [-0.2, 0) is 0 Å². The van der Waals surface area contributed by atoms with E-state index < -0.39 is 12.1 Å². The molecule has 5 heterocycles. The molecule has 0 fully saturated rings. The van der Waals surface area contributed by atoms with E-state index in [1.165, 1.54) is 6.20 Å². The second-order valence-corrected chi connectivity index (χ2v) is 14.8. The summed E-state index contributed by atoms with van der Waals surface area (Å²) >= 11 is 0. The summed E-state index contributed by atoms with van der Waals surface area (Å²) < 4.78 is 47.7. The number of H-pyrrole nitrogens is 1. The normalized spacial score (nSPS) is 17.8. The fourth-order valence-corrected chi connectivity index (χ4v) is 7.81. The van der Waals surface area contributed by atoms with Gasteiger partial charge in [-0.1, -0.05) is 119 Å². The number of halogens is 3. The van der Waals surface area contributed by atoms with Gasteiger partial charge < -0.3 is 4.98 Å². The Balaban J connectivity index is 1.42. The molecule has 9 rings (SSSR count). The first-order valence-corrected chi connectivity index (χ1v) is 18.6. The van der Waals surface area contributed by atoms with Gasteiger partial charge in [0.2, 0.25) is 0 Å². The van der Waals surface area contributed by atoms with Crippen LogP contribution in [0.1, 0.15) is 44.5 Å². The van der Waals surface area contributed by atoms with Crippen molar-refractivity contribution in [3.63, 3.8) is 0 Å². The van der Waals surface area contributed by atoms with Crippen LogP contribution in [0.5, 0.6) is 0 Å². The number of aliphatic imine (C=N–C) groups is 3. The van der Waals surface area contributed by atoms with Gasteiger partial charge in [0, 0.05) is 39.2 Å². The molecule has 7 heteroatoms. The highest BCUT2D eigenvalue weighted by Crippen LogP contribution is 2.48. The molecule has 1 N–H and O–H groups in total. The third kappa shape index (κ3) is 6.29. The predicted octanol–water partition coefficient (Wildman–Crippen LogP) is 10.0. The fraction of sp³-hybridized carbons (Fsp3) is 0.122. The lowest BCUT2D eigenvalue weighted by Gasteiger charge is -2.25. The van der Waals surface area contributed by atoms with Gasteiger partial charge in [-0.05, 0) is 92.0 Å². The highest BCUT2D eigenvalue weighted by atomic mass is 19.4. The summed E-state index contributed by atoms with van der Waals surface area (Å²) in [6, 6.07) is 35.6. The SMILES string of the molecule is Cc1ccc(C2=C3C=CC(=N3)C(c3ccc(C)cc3)=c3ccc([nH]3)=C(c3ccc(C)cc3)C3=NC(=C(c4ccc(C)cc4)C4=NC=C2C4C(F)(F)F)C=C3)cc1. The first kappa shape index (κ1) is 35.1. The number of aromatic amines is 1. The van der Waals surface area contributed by atoms with E-state index in [0.29, 0.717) is 45.1 Å². The van der Waals surface area contributed by atoms with Crippen LogP contribution >= 0.6 is 0 Å². The number of benzene rings is 4. The number of fused-ring (bicyclic) bond motifs is 6. The first-order chi connectivity index (χ1) is 27.0. The summed E-state index contributed by atoms with van der Waals surface area (Å²) in [6.07, 6.45) is 4.12. The smallest absolute Gasteiger partial charge is 0.354 e. The van der Waals surface area contributed by atoms with Crippen molar-refractivity contribution in [1.82, 2.24) is 4.98 Å². The number of allylic oxidation sites excluding steroid dienone is 7. The van der Waals surface area contributed by atoms with Gasteiger partial charge in [-0.15, -0.1) is 0 Å². The van der Waals surface area contributed by atoms with Crippen molar-refractivity contribution in [3.8, 4) is 0 Å². The van der Waals surface area contributed by atoms with Crippen LogP contribution in [0, 0.1) is 33.6 Å². The van der Waals surface area contributed by atoms with E-state index in [0.717, 1.165) is 55.2 Å². The van der Waals surface area contributed by atoms with Gasteiger partial charge >= 0.3 is 6.18 Å². The molecule has 5 aromatic rings. The fourth-order valence-electron chi connectivity index (χ4n) is 7.81. The zero-order valence-electron chi connectivity index (χ0n) is 31.3. The summed E-state index contributed by atoms with van der Waals surface area (Å²) in [5, 5.41) is 1.63. The van der Waals surface area contributed by atoms with Crippen molar-refractivity contribution < 1.29 is 13.2 Å². The summed E-state index contributed by atoms with van der Waals surface area (Å²) in [6.45, 7) is 7.99. The zero-order valence-corrected chi connectivity index (χ0v) is 31.3. The van der Waals surface area contributed by atoms with Gasteiger partial charge in [-0.2, -0.15) is 13.2 Å². The van der Waals surface area contributed by atoms with Crippen LogP contribution in [0.15, 0.2) is 172 Å². The Morgan fingerprint density at radius 3 is 1.25 bits per heavy atom. The van der Waals surface area contributed by atoms with E-state index in [1.807, 2.05) is 113 Å². The Bertz CT molecular complexity index is 2630. The molecule has 0 spiro atoms. The topological polar surface area (TPSA) is 52.9 Å². The molecule has 8 bridgehead atoms. The minimum absolute atomic E-state index is 0.0374. The van der Waals surface area contributed by atoms with E-state index in [-0.39, 0.29) is 11.3 Å². The number of alkyl halides is 3. The minimum Gasteiger partial charge on any atom is -0.354 e. The molecule has 0 amide bonds. The molecule has 274 valence electrons. The molecular weight excluding hydrogens is 702 g/mol. The average Bonchev–Trinajstić information content (AvgIpc) is 4.01. The van der Waals surface area contributed by atoms with E-state index in [9.17, 15) is 0 Å². The van der Waals surface area contributed by atoms with Crippen LogP contribution in [0.25, 0.3) is 22.3 Å². The van der Waals surface area contributed by atoms with Gasteiger partial charge in [0.05, 0.1) is 28.5 Å². The number of hydrogen-bond acceptors (Lipinski definition) is 3. The Hall–Kier alpha value is -6.60. The second kappa shape index (κ2) is 13.6. The molecule has 0 radical (unpaired) electrons. The number of aromatic nitrogens is 1. The van der Waals surface area contributed by atoms with Crippen LogP contribution in [0.4, 0.5) is 13.2 Å². The van der Waals surface area contributed by atoms with Crippen LogP contribution in [0.2, 0.25) is 0 Å². The van der Waals surface area contributed by atoms with E-state index >= 15 is 13.2 Å². The molecule has 4 aromatic carbocycles. The van der Waals surface area contributed by atoms with Crippen molar-refractivity contribution in [2.24, 2.45) is 20.9 Å². The van der Waals surface area contributed by atoms with E-state index in [1.54, 1.807) is 0 Å². The number of nitrogens with one attached hydrogen (secondary N) is 1. The minimum atomic E-state index is -4.69. The zero-order chi connectivity index (χ0) is 38.7. The lowest BCUT2D eigenvalue weighted by molar-refractivity contribution is -0.144. The third-order valence-electron chi connectivity index (χ3n) is 10.7. The monoisotopic (exact) mass is 738 g/mol. The Kier molecular flexibility index (Phi) is 8.53. The Morgan fingerprint density at radius 1 is 0.464 bits per heavy atom. The van der Waals surface area contributed by atoms with Crippen molar-refractivity contribution in [2.45, 2.75) is 33.9 Å². The molecule has 0 aliphatic carbocycles. The maximum atomic E-state index is 15.9. The lowest BCUT2D eigenvalue weighted by atomic mass is 9.81. The number of aryl methyl sites for hydroxylation is 4. The Labute approximate surface area is 323 Å². The van der Waals surface area contributed by atoms with Gasteiger partial charge in [-0.3, -0.25) is 4.99 Å². The lowest BCUT2D eigenvalue weighted by Crippen LogP contribution is -2.32. The molecule has 1 unspecified atom stereocenters. The van der Waals surface area contributed by atoms with Gasteiger partial charge in [-0.25, -0.2) is 9.98 Å². The molecule has 0 saturated carbocycles. The number of hydrogen-bond donors (Lipinski definition) is 1. The molecule has 0 saturated heterocycles. The largest absolute Gasteiger partial charge is 0.401 e. The second-order valence-electron chi connectivity index (χ2n) is 14.8. The van der Waals surface area contributed by atoms with E-state index in [4.69, 9.17) is 9.98 Å². The summed E-state index contributed by atoms with van der Waals surface area (Å²) in [7, 11) is 0. The quantitative estimate of drug-likeness (QED) is 0.191. The number of rotatable bonds is 4. The first-order valence-electron chi connectivity index (χ1n) is 18.6. The summed E-state index contributed by atoms with van der Waals surface area (Å²) in [5.74, 6) is -2.05. The van der Waals surface area contributed by atoms with E-state index in [2.05, 4.69) is 58.5 Å². The molecule has 1 atom stereocenters. The average molecular weight is 739 g/mol. The maximum absolute atomic E-state index is 15.9. The molecule has 4 aliphatic rings. The van der Waals surface area contributed by atoms with Crippen molar-refractivity contribution >= 4 is 39.4 Å². The van der Waals surface area contributed by atoms with Gasteiger partial charge in [0.15, 0.2) is 0 Å². The highest BCUT2D eigenvalue weighted by Gasteiger charge is 2.50. The van der Waals surface area contributed by atoms with Crippen LogP contribution < -0.4 is 10.7 Å².